The fraction of sp³-hybridized carbons (Fsp3) is 0.667. The van der Waals surface area contributed by atoms with E-state index in [0.29, 0.717) is 24.2 Å². The lowest BCUT2D eigenvalue weighted by Gasteiger charge is -2.13. The summed E-state index contributed by atoms with van der Waals surface area (Å²) in [5, 5.41) is 9.31. The highest BCUT2D eigenvalue weighted by Gasteiger charge is 2.17. The largest absolute Gasteiger partial charge is 0.512 e. The van der Waals surface area contributed by atoms with Crippen molar-refractivity contribution in [2.24, 2.45) is 0 Å². The number of carbonyl (C=O) groups excluding carboxylic acids is 1. The second-order valence-electron chi connectivity index (χ2n) is 2.91. The molecular formula is C9H14O2. The van der Waals surface area contributed by atoms with Crippen molar-refractivity contribution in [3.05, 3.63) is 11.3 Å². The van der Waals surface area contributed by atoms with Gasteiger partial charge in [0.15, 0.2) is 5.78 Å². The Morgan fingerprint density at radius 3 is 2.64 bits per heavy atom. The summed E-state index contributed by atoms with van der Waals surface area (Å²) < 4.78 is 0. The van der Waals surface area contributed by atoms with Crippen LogP contribution in [0.15, 0.2) is 11.3 Å². The van der Waals surface area contributed by atoms with Crippen LogP contribution in [0.2, 0.25) is 0 Å². The molecular weight excluding hydrogens is 140 g/mol. The molecule has 0 radical (unpaired) electrons. The zero-order chi connectivity index (χ0) is 8.27. The van der Waals surface area contributed by atoms with E-state index in [2.05, 4.69) is 0 Å². The lowest BCUT2D eigenvalue weighted by Crippen LogP contribution is -2.10. The number of ketones is 1. The Balaban J connectivity index is 2.75. The van der Waals surface area contributed by atoms with Crippen molar-refractivity contribution in [1.82, 2.24) is 0 Å². The quantitative estimate of drug-likeness (QED) is 0.465. The van der Waals surface area contributed by atoms with Gasteiger partial charge in [-0.05, 0) is 19.3 Å². The second kappa shape index (κ2) is 3.56. The minimum atomic E-state index is 0.149. The standard InChI is InChI=1S/C9H14O2/c1-2-8(10)7-5-3-4-6-9(7)11/h10H,2-6H2,1H3. The summed E-state index contributed by atoms with van der Waals surface area (Å²) in [7, 11) is 0. The van der Waals surface area contributed by atoms with Gasteiger partial charge in [-0.25, -0.2) is 0 Å². The van der Waals surface area contributed by atoms with Crippen molar-refractivity contribution in [2.45, 2.75) is 39.0 Å². The summed E-state index contributed by atoms with van der Waals surface area (Å²) >= 11 is 0. The van der Waals surface area contributed by atoms with E-state index in [-0.39, 0.29) is 5.78 Å². The Kier molecular flexibility index (Phi) is 2.69. The van der Waals surface area contributed by atoms with Crippen molar-refractivity contribution in [3.63, 3.8) is 0 Å². The van der Waals surface area contributed by atoms with Crippen molar-refractivity contribution in [3.8, 4) is 0 Å². The van der Waals surface area contributed by atoms with Gasteiger partial charge in [-0.15, -0.1) is 0 Å². The van der Waals surface area contributed by atoms with E-state index in [1.54, 1.807) is 0 Å². The molecule has 1 saturated carbocycles. The molecule has 0 amide bonds. The van der Waals surface area contributed by atoms with Gasteiger partial charge < -0.3 is 5.11 Å². The van der Waals surface area contributed by atoms with Crippen LogP contribution in [0.1, 0.15) is 39.0 Å². The molecule has 1 fully saturated rings. The van der Waals surface area contributed by atoms with Gasteiger partial charge in [-0.3, -0.25) is 4.79 Å². The van der Waals surface area contributed by atoms with Crippen LogP contribution in [0.3, 0.4) is 0 Å². The Morgan fingerprint density at radius 2 is 2.09 bits per heavy atom. The molecule has 1 aliphatic carbocycles. The molecule has 0 aromatic rings. The molecule has 2 nitrogen and oxygen atoms in total. The van der Waals surface area contributed by atoms with Crippen molar-refractivity contribution in [1.29, 1.82) is 0 Å². The molecule has 0 aromatic carbocycles. The summed E-state index contributed by atoms with van der Waals surface area (Å²) in [5.41, 5.74) is 0.679. The highest BCUT2D eigenvalue weighted by atomic mass is 16.3. The van der Waals surface area contributed by atoms with Gasteiger partial charge in [-0.1, -0.05) is 6.92 Å². The third-order valence-corrected chi connectivity index (χ3v) is 2.10. The first-order chi connectivity index (χ1) is 5.25. The van der Waals surface area contributed by atoms with Gasteiger partial charge in [0, 0.05) is 18.4 Å². The number of Topliss-reactive ketones (excluding diaryl/α,β-unsaturated/α-hetero) is 1. The molecule has 0 bridgehead atoms. The molecule has 0 aliphatic heterocycles. The smallest absolute Gasteiger partial charge is 0.162 e. The van der Waals surface area contributed by atoms with E-state index in [1.807, 2.05) is 6.92 Å². The number of hydrogen-bond donors (Lipinski definition) is 1. The van der Waals surface area contributed by atoms with Crippen LogP contribution in [0.4, 0.5) is 0 Å². The number of rotatable bonds is 1. The summed E-state index contributed by atoms with van der Waals surface area (Å²) in [6.07, 6.45) is 4.02. The topological polar surface area (TPSA) is 37.3 Å². The van der Waals surface area contributed by atoms with Gasteiger partial charge in [0.25, 0.3) is 0 Å². The maximum absolute atomic E-state index is 11.2. The number of aliphatic hydroxyl groups excluding tert-OH is 1. The predicted octanol–water partition coefficient (Wildman–Crippen LogP) is 2.35. The zero-order valence-electron chi connectivity index (χ0n) is 6.89. The lowest BCUT2D eigenvalue weighted by atomic mass is 9.92. The third kappa shape index (κ3) is 1.82. The minimum absolute atomic E-state index is 0.149. The first-order valence-corrected chi connectivity index (χ1v) is 4.20. The van der Waals surface area contributed by atoms with E-state index >= 15 is 0 Å². The van der Waals surface area contributed by atoms with Gasteiger partial charge in [0.2, 0.25) is 0 Å². The molecule has 62 valence electrons. The van der Waals surface area contributed by atoms with Crippen LogP contribution in [-0.4, -0.2) is 10.9 Å². The summed E-state index contributed by atoms with van der Waals surface area (Å²) in [5.74, 6) is 0.449. The Hall–Kier alpha value is -0.790. The van der Waals surface area contributed by atoms with Crippen molar-refractivity contribution in [2.75, 3.05) is 0 Å². The maximum Gasteiger partial charge on any atom is 0.162 e. The first-order valence-electron chi connectivity index (χ1n) is 4.20. The van der Waals surface area contributed by atoms with Crippen LogP contribution < -0.4 is 0 Å². The molecule has 11 heavy (non-hydrogen) atoms. The average molecular weight is 154 g/mol. The van der Waals surface area contributed by atoms with Gasteiger partial charge >= 0.3 is 0 Å². The normalized spacial score (nSPS) is 23.5. The molecule has 1 N–H and O–H groups in total. The van der Waals surface area contributed by atoms with E-state index in [9.17, 15) is 9.90 Å². The van der Waals surface area contributed by atoms with Crippen LogP contribution in [-0.2, 0) is 4.79 Å². The molecule has 0 saturated heterocycles. The van der Waals surface area contributed by atoms with Crippen molar-refractivity contribution < 1.29 is 9.90 Å². The van der Waals surface area contributed by atoms with Gasteiger partial charge in [-0.2, -0.15) is 0 Å². The molecule has 0 atom stereocenters. The number of allylic oxidation sites excluding steroid dienone is 2. The van der Waals surface area contributed by atoms with Crippen LogP contribution in [0.5, 0.6) is 0 Å². The number of hydrogen-bond acceptors (Lipinski definition) is 2. The third-order valence-electron chi connectivity index (χ3n) is 2.10. The van der Waals surface area contributed by atoms with E-state index in [4.69, 9.17) is 0 Å². The molecule has 0 aromatic heterocycles. The van der Waals surface area contributed by atoms with E-state index in [1.165, 1.54) is 0 Å². The van der Waals surface area contributed by atoms with E-state index < -0.39 is 0 Å². The van der Waals surface area contributed by atoms with E-state index in [0.717, 1.165) is 19.3 Å². The zero-order valence-corrected chi connectivity index (χ0v) is 6.89. The Labute approximate surface area is 66.9 Å². The van der Waals surface area contributed by atoms with Gasteiger partial charge in [0.1, 0.15) is 0 Å². The monoisotopic (exact) mass is 154 g/mol. The van der Waals surface area contributed by atoms with Crippen LogP contribution in [0, 0.1) is 0 Å². The lowest BCUT2D eigenvalue weighted by molar-refractivity contribution is -0.116. The second-order valence-corrected chi connectivity index (χ2v) is 2.91. The molecule has 1 rings (SSSR count). The number of aliphatic hydroxyl groups is 1. The number of carbonyl (C=O) groups is 1. The van der Waals surface area contributed by atoms with Crippen LogP contribution >= 0.6 is 0 Å². The Bertz CT molecular complexity index is 192. The molecule has 2 heteroatoms. The fourth-order valence-corrected chi connectivity index (χ4v) is 1.40. The minimum Gasteiger partial charge on any atom is -0.512 e. The highest BCUT2D eigenvalue weighted by Crippen LogP contribution is 2.22. The first kappa shape index (κ1) is 8.31. The van der Waals surface area contributed by atoms with Crippen LogP contribution in [0.25, 0.3) is 0 Å². The summed E-state index contributed by atoms with van der Waals surface area (Å²) in [6.45, 7) is 1.87. The fourth-order valence-electron chi connectivity index (χ4n) is 1.40. The molecule has 0 heterocycles. The van der Waals surface area contributed by atoms with Gasteiger partial charge in [0.05, 0.1) is 5.76 Å². The van der Waals surface area contributed by atoms with Crippen molar-refractivity contribution >= 4 is 5.78 Å². The predicted molar refractivity (Wildman–Crippen MR) is 43.4 cm³/mol. The average Bonchev–Trinajstić information content (AvgIpc) is 2.04. The molecule has 1 aliphatic rings. The molecule has 0 unspecified atom stereocenters. The summed E-state index contributed by atoms with van der Waals surface area (Å²) in [4.78, 5) is 11.2. The molecule has 0 spiro atoms. The summed E-state index contributed by atoms with van der Waals surface area (Å²) in [6, 6.07) is 0. The SMILES string of the molecule is CCC(O)=C1CCCCC1=O. The Morgan fingerprint density at radius 1 is 1.45 bits per heavy atom. The highest BCUT2D eigenvalue weighted by molar-refractivity contribution is 5.96. The maximum atomic E-state index is 11.2.